The number of β-amino-alcohol motifs (C(OH)–C–C–N with tert-alkyl or cyclic N) is 1. The molecule has 0 radical (unpaired) electrons. The summed E-state index contributed by atoms with van der Waals surface area (Å²) in [4.78, 5) is 23.2. The smallest absolute Gasteiger partial charge is 0.410 e. The standard InChI is InChI=1S/C13H16N4O5/c14-12(15)11-5-10(18)6-16(11)13(19)22-7-8-1-3-9(4-2-8)17(20)21/h1-4,10-11,18H,5-7H2,(H3,14,15)/t10-,11+/m1/s1. The summed E-state index contributed by atoms with van der Waals surface area (Å²) < 4.78 is 5.09. The van der Waals surface area contributed by atoms with Gasteiger partial charge in [-0.1, -0.05) is 0 Å². The summed E-state index contributed by atoms with van der Waals surface area (Å²) in [5, 5.41) is 27.5. The van der Waals surface area contributed by atoms with Crippen LogP contribution < -0.4 is 5.73 Å². The molecule has 1 saturated heterocycles. The Bertz CT molecular complexity index is 589. The molecule has 0 saturated carbocycles. The largest absolute Gasteiger partial charge is 0.445 e. The Morgan fingerprint density at radius 2 is 2.14 bits per heavy atom. The molecule has 0 aromatic heterocycles. The number of nitrogens with zero attached hydrogens (tertiary/aromatic N) is 2. The number of aliphatic hydroxyl groups excluding tert-OH is 1. The first-order valence-electron chi connectivity index (χ1n) is 6.57. The topological polar surface area (TPSA) is 143 Å². The van der Waals surface area contributed by atoms with Crippen molar-refractivity contribution in [2.45, 2.75) is 25.2 Å². The number of benzene rings is 1. The van der Waals surface area contributed by atoms with Crippen molar-refractivity contribution in [1.29, 1.82) is 5.41 Å². The number of amides is 1. The molecule has 1 amide bonds. The van der Waals surface area contributed by atoms with Crippen molar-refractivity contribution in [3.8, 4) is 0 Å². The van der Waals surface area contributed by atoms with Crippen molar-refractivity contribution in [2.75, 3.05) is 6.54 Å². The lowest BCUT2D eigenvalue weighted by atomic mass is 10.2. The number of nitrogens with one attached hydrogen (secondary N) is 1. The molecule has 9 nitrogen and oxygen atoms in total. The molecule has 9 heteroatoms. The van der Waals surface area contributed by atoms with Crippen molar-refractivity contribution < 1.29 is 19.6 Å². The van der Waals surface area contributed by atoms with E-state index < -0.39 is 23.2 Å². The van der Waals surface area contributed by atoms with Gasteiger partial charge in [0.05, 0.1) is 23.6 Å². The first kappa shape index (κ1) is 15.7. The lowest BCUT2D eigenvalue weighted by Gasteiger charge is -2.22. The lowest BCUT2D eigenvalue weighted by Crippen LogP contribution is -2.43. The van der Waals surface area contributed by atoms with E-state index in [9.17, 15) is 20.0 Å². The zero-order chi connectivity index (χ0) is 16.3. The molecular weight excluding hydrogens is 292 g/mol. The summed E-state index contributed by atoms with van der Waals surface area (Å²) in [6, 6.07) is 4.96. The fourth-order valence-electron chi connectivity index (χ4n) is 2.25. The Hall–Kier alpha value is -2.68. The van der Waals surface area contributed by atoms with Crippen molar-refractivity contribution >= 4 is 17.6 Å². The minimum Gasteiger partial charge on any atom is -0.445 e. The molecule has 1 fully saturated rings. The maximum absolute atomic E-state index is 12.0. The molecule has 1 aliphatic rings. The predicted octanol–water partition coefficient (Wildman–Crippen LogP) is 0.603. The number of carbonyl (C=O) groups excluding carboxylic acids is 1. The molecule has 2 rings (SSSR count). The molecule has 1 aromatic rings. The second-order valence-corrected chi connectivity index (χ2v) is 4.99. The van der Waals surface area contributed by atoms with Crippen LogP contribution in [0.15, 0.2) is 24.3 Å². The van der Waals surface area contributed by atoms with Gasteiger partial charge in [-0.15, -0.1) is 0 Å². The number of hydrogen-bond donors (Lipinski definition) is 3. The maximum Gasteiger partial charge on any atom is 0.410 e. The third-order valence-electron chi connectivity index (χ3n) is 3.38. The Morgan fingerprint density at radius 3 is 2.68 bits per heavy atom. The summed E-state index contributed by atoms with van der Waals surface area (Å²) in [6.07, 6.45) is -1.21. The van der Waals surface area contributed by atoms with Gasteiger partial charge in [0.1, 0.15) is 12.4 Å². The second kappa shape index (κ2) is 6.39. The van der Waals surface area contributed by atoms with E-state index in [0.29, 0.717) is 5.56 Å². The van der Waals surface area contributed by atoms with E-state index in [0.717, 1.165) is 0 Å². The highest BCUT2D eigenvalue weighted by Gasteiger charge is 2.37. The van der Waals surface area contributed by atoms with Gasteiger partial charge in [-0.3, -0.25) is 20.4 Å². The van der Waals surface area contributed by atoms with Crippen LogP contribution in [0.5, 0.6) is 0 Å². The number of nitro groups is 1. The number of non-ortho nitro benzene ring substituents is 1. The number of aliphatic hydroxyl groups is 1. The zero-order valence-electron chi connectivity index (χ0n) is 11.6. The molecule has 118 valence electrons. The van der Waals surface area contributed by atoms with Gasteiger partial charge in [-0.25, -0.2) is 4.79 Å². The van der Waals surface area contributed by atoms with Gasteiger partial charge in [0, 0.05) is 18.6 Å². The number of nitrogens with two attached hydrogens (primary N) is 1. The SMILES string of the molecule is N=C(N)[C@@H]1C[C@@H](O)CN1C(=O)OCc1ccc([N+](=O)[O-])cc1. The van der Waals surface area contributed by atoms with Crippen LogP contribution in [0.1, 0.15) is 12.0 Å². The highest BCUT2D eigenvalue weighted by molar-refractivity contribution is 5.87. The Morgan fingerprint density at radius 1 is 1.50 bits per heavy atom. The molecule has 4 N–H and O–H groups in total. The van der Waals surface area contributed by atoms with Gasteiger partial charge in [-0.2, -0.15) is 0 Å². The quantitative estimate of drug-likeness (QED) is 0.322. The van der Waals surface area contributed by atoms with Crippen LogP contribution in [0.25, 0.3) is 0 Å². The number of nitro benzene ring substituents is 1. The van der Waals surface area contributed by atoms with E-state index in [1.54, 1.807) is 0 Å². The van der Waals surface area contributed by atoms with Crippen LogP contribution in [0.3, 0.4) is 0 Å². The van der Waals surface area contributed by atoms with E-state index in [2.05, 4.69) is 0 Å². The normalized spacial score (nSPS) is 20.7. The third-order valence-corrected chi connectivity index (χ3v) is 3.38. The Kier molecular flexibility index (Phi) is 4.56. The summed E-state index contributed by atoms with van der Waals surface area (Å²) >= 11 is 0. The van der Waals surface area contributed by atoms with Gasteiger partial charge >= 0.3 is 6.09 Å². The molecule has 1 aliphatic heterocycles. The average Bonchev–Trinajstić information content (AvgIpc) is 2.87. The van der Waals surface area contributed by atoms with E-state index in [1.807, 2.05) is 0 Å². The average molecular weight is 308 g/mol. The van der Waals surface area contributed by atoms with Gasteiger partial charge in [-0.05, 0) is 17.7 Å². The van der Waals surface area contributed by atoms with Crippen molar-refractivity contribution in [2.24, 2.45) is 5.73 Å². The molecule has 0 spiro atoms. The molecule has 2 atom stereocenters. The van der Waals surface area contributed by atoms with Crippen LogP contribution in [0.2, 0.25) is 0 Å². The summed E-state index contributed by atoms with van der Waals surface area (Å²) in [6.45, 7) is -0.00259. The summed E-state index contributed by atoms with van der Waals surface area (Å²) in [7, 11) is 0. The lowest BCUT2D eigenvalue weighted by molar-refractivity contribution is -0.384. The molecule has 0 bridgehead atoms. The van der Waals surface area contributed by atoms with Crippen LogP contribution in [0, 0.1) is 15.5 Å². The number of amidine groups is 1. The molecular formula is C13H16N4O5. The van der Waals surface area contributed by atoms with Gasteiger partial charge in [0.25, 0.3) is 5.69 Å². The van der Waals surface area contributed by atoms with E-state index in [-0.39, 0.29) is 31.1 Å². The van der Waals surface area contributed by atoms with Crippen molar-refractivity contribution in [3.05, 3.63) is 39.9 Å². The fourth-order valence-corrected chi connectivity index (χ4v) is 2.25. The van der Waals surface area contributed by atoms with Gasteiger partial charge in [0.2, 0.25) is 0 Å². The van der Waals surface area contributed by atoms with Crippen LogP contribution >= 0.6 is 0 Å². The maximum atomic E-state index is 12.0. The van der Waals surface area contributed by atoms with Crippen LogP contribution in [0.4, 0.5) is 10.5 Å². The fraction of sp³-hybridized carbons (Fsp3) is 0.385. The zero-order valence-corrected chi connectivity index (χ0v) is 11.6. The second-order valence-electron chi connectivity index (χ2n) is 4.99. The molecule has 0 aliphatic carbocycles. The third kappa shape index (κ3) is 3.50. The van der Waals surface area contributed by atoms with E-state index >= 15 is 0 Å². The highest BCUT2D eigenvalue weighted by atomic mass is 16.6. The van der Waals surface area contributed by atoms with Crippen molar-refractivity contribution in [3.63, 3.8) is 0 Å². The number of likely N-dealkylation sites (tertiary alicyclic amines) is 1. The minimum atomic E-state index is -0.735. The summed E-state index contributed by atoms with van der Waals surface area (Å²) in [5.41, 5.74) is 5.95. The van der Waals surface area contributed by atoms with Crippen LogP contribution in [-0.4, -0.2) is 45.5 Å². The predicted molar refractivity (Wildman–Crippen MR) is 76.3 cm³/mol. The summed E-state index contributed by atoms with van der Waals surface area (Å²) in [5.74, 6) is -0.205. The van der Waals surface area contributed by atoms with E-state index in [4.69, 9.17) is 15.9 Å². The highest BCUT2D eigenvalue weighted by Crippen LogP contribution is 2.19. The Balaban J connectivity index is 1.94. The van der Waals surface area contributed by atoms with Crippen LogP contribution in [-0.2, 0) is 11.3 Å². The number of hydrogen-bond acceptors (Lipinski definition) is 6. The first-order chi connectivity index (χ1) is 10.4. The molecule has 1 heterocycles. The monoisotopic (exact) mass is 308 g/mol. The molecule has 22 heavy (non-hydrogen) atoms. The van der Waals surface area contributed by atoms with Gasteiger partial charge < -0.3 is 15.6 Å². The van der Waals surface area contributed by atoms with Gasteiger partial charge in [0.15, 0.2) is 0 Å². The number of rotatable bonds is 4. The van der Waals surface area contributed by atoms with Crippen molar-refractivity contribution in [1.82, 2.24) is 4.90 Å². The Labute approximate surface area is 125 Å². The molecule has 1 aromatic carbocycles. The van der Waals surface area contributed by atoms with E-state index in [1.165, 1.54) is 29.2 Å². The first-order valence-corrected chi connectivity index (χ1v) is 6.57. The number of carbonyl (C=O) groups is 1. The number of ether oxygens (including phenoxy) is 1. The molecule has 0 unspecified atom stereocenters. The minimum absolute atomic E-state index is 0.0469.